The summed E-state index contributed by atoms with van der Waals surface area (Å²) in [5.74, 6) is -0.347. The van der Waals surface area contributed by atoms with Crippen LogP contribution >= 0.6 is 0 Å². The predicted molar refractivity (Wildman–Crippen MR) is 68.4 cm³/mol. The summed E-state index contributed by atoms with van der Waals surface area (Å²) in [6.45, 7) is 1.59. The highest BCUT2D eigenvalue weighted by Gasteiger charge is 2.57. The maximum atomic E-state index is 11.6. The third kappa shape index (κ3) is 3.09. The van der Waals surface area contributed by atoms with E-state index in [9.17, 15) is 20.1 Å². The number of esters is 1. The smallest absolute Gasteiger partial charge is 0.306 e. The van der Waals surface area contributed by atoms with Crippen LogP contribution in [0.25, 0.3) is 0 Å². The number of carbonyl (C=O) groups is 1. The molecule has 2 aliphatic rings. The quantitative estimate of drug-likeness (QED) is 0.662. The minimum atomic E-state index is -0.978. The lowest BCUT2D eigenvalue weighted by atomic mass is 9.60. The molecule has 0 saturated heterocycles. The van der Waals surface area contributed by atoms with Crippen LogP contribution < -0.4 is 0 Å². The highest BCUT2D eigenvalue weighted by atomic mass is 16.6. The summed E-state index contributed by atoms with van der Waals surface area (Å²) >= 11 is 0. The molecule has 110 valence electrons. The van der Waals surface area contributed by atoms with Crippen LogP contribution in [0.15, 0.2) is 0 Å². The zero-order valence-electron chi connectivity index (χ0n) is 11.5. The highest BCUT2D eigenvalue weighted by molar-refractivity contribution is 5.69. The first-order chi connectivity index (χ1) is 8.84. The lowest BCUT2D eigenvalue weighted by molar-refractivity contribution is -0.220. The van der Waals surface area contributed by atoms with Gasteiger partial charge in [0.2, 0.25) is 0 Å². The van der Waals surface area contributed by atoms with E-state index < -0.39 is 16.8 Å². The first kappa shape index (κ1) is 14.8. The van der Waals surface area contributed by atoms with E-state index in [1.165, 1.54) is 0 Å². The fraction of sp³-hybridized carbons (Fsp3) is 0.929. The van der Waals surface area contributed by atoms with Gasteiger partial charge >= 0.3 is 5.97 Å². The third-order valence-electron chi connectivity index (χ3n) is 4.43. The first-order valence-corrected chi connectivity index (χ1v) is 7.12. The van der Waals surface area contributed by atoms with Crippen LogP contribution in [0.1, 0.15) is 58.3 Å². The molecule has 0 aromatic heterocycles. The average molecular weight is 272 g/mol. The molecule has 2 fully saturated rings. The van der Waals surface area contributed by atoms with Crippen molar-refractivity contribution in [2.45, 2.75) is 75.1 Å². The Balaban J connectivity index is 2.25. The average Bonchev–Trinajstić information content (AvgIpc) is 2.25. The molecule has 2 saturated carbocycles. The van der Waals surface area contributed by atoms with E-state index in [1.807, 2.05) is 0 Å². The first-order valence-electron chi connectivity index (χ1n) is 7.12. The SMILES string of the molecule is CCC(=O)OC1(CCO)CC2(O)CCCC(O)(C2)C1. The Kier molecular flexibility index (Phi) is 3.91. The Hall–Kier alpha value is -0.650. The van der Waals surface area contributed by atoms with Crippen molar-refractivity contribution in [3.63, 3.8) is 0 Å². The zero-order valence-corrected chi connectivity index (χ0v) is 11.5. The van der Waals surface area contributed by atoms with Crippen LogP contribution in [-0.4, -0.2) is 44.7 Å². The van der Waals surface area contributed by atoms with Crippen LogP contribution in [0.5, 0.6) is 0 Å². The maximum Gasteiger partial charge on any atom is 0.306 e. The van der Waals surface area contributed by atoms with Gasteiger partial charge in [-0.1, -0.05) is 6.92 Å². The van der Waals surface area contributed by atoms with Crippen LogP contribution in [0.3, 0.4) is 0 Å². The minimum absolute atomic E-state index is 0.122. The van der Waals surface area contributed by atoms with E-state index in [1.54, 1.807) is 6.92 Å². The molecule has 5 heteroatoms. The molecule has 2 bridgehead atoms. The fourth-order valence-electron chi connectivity index (χ4n) is 3.92. The maximum absolute atomic E-state index is 11.6. The van der Waals surface area contributed by atoms with Gasteiger partial charge in [-0.3, -0.25) is 4.79 Å². The van der Waals surface area contributed by atoms with E-state index in [0.717, 1.165) is 6.42 Å². The molecular weight excluding hydrogens is 248 g/mol. The molecule has 0 spiro atoms. The van der Waals surface area contributed by atoms with Gasteiger partial charge in [0.1, 0.15) is 5.60 Å². The molecule has 2 atom stereocenters. The van der Waals surface area contributed by atoms with Gasteiger partial charge < -0.3 is 20.1 Å². The molecule has 0 heterocycles. The van der Waals surface area contributed by atoms with Crippen molar-refractivity contribution < 1.29 is 24.9 Å². The van der Waals surface area contributed by atoms with Crippen molar-refractivity contribution in [1.82, 2.24) is 0 Å². The fourth-order valence-corrected chi connectivity index (χ4v) is 3.92. The molecule has 2 rings (SSSR count). The number of ether oxygens (including phenoxy) is 1. The van der Waals surface area contributed by atoms with Gasteiger partial charge in [0, 0.05) is 38.7 Å². The Labute approximate surface area is 113 Å². The molecule has 0 radical (unpaired) electrons. The van der Waals surface area contributed by atoms with Crippen LogP contribution in [-0.2, 0) is 9.53 Å². The van der Waals surface area contributed by atoms with Crippen LogP contribution in [0, 0.1) is 0 Å². The van der Waals surface area contributed by atoms with Crippen molar-refractivity contribution >= 4 is 5.97 Å². The topological polar surface area (TPSA) is 87.0 Å². The summed E-state index contributed by atoms with van der Waals surface area (Å²) < 4.78 is 5.52. The van der Waals surface area contributed by atoms with Gasteiger partial charge in [-0.2, -0.15) is 0 Å². The van der Waals surface area contributed by atoms with Crippen molar-refractivity contribution in [3.8, 4) is 0 Å². The molecular formula is C14H24O5. The number of hydrogen-bond donors (Lipinski definition) is 3. The second kappa shape index (κ2) is 5.04. The van der Waals surface area contributed by atoms with Gasteiger partial charge in [0.25, 0.3) is 0 Å². The minimum Gasteiger partial charge on any atom is -0.459 e. The molecule has 0 aliphatic heterocycles. The summed E-state index contributed by atoms with van der Waals surface area (Å²) in [5, 5.41) is 30.4. The molecule has 2 unspecified atom stereocenters. The lowest BCUT2D eigenvalue weighted by Crippen LogP contribution is -2.60. The Morgan fingerprint density at radius 1 is 1.16 bits per heavy atom. The van der Waals surface area contributed by atoms with E-state index in [2.05, 4.69) is 0 Å². The normalized spacial score (nSPS) is 41.9. The summed E-state index contributed by atoms with van der Waals surface area (Å²) in [7, 11) is 0. The summed E-state index contributed by atoms with van der Waals surface area (Å²) in [6.07, 6.45) is 3.51. The Morgan fingerprint density at radius 3 is 2.21 bits per heavy atom. The number of aliphatic hydroxyl groups is 3. The second-order valence-electron chi connectivity index (χ2n) is 6.32. The van der Waals surface area contributed by atoms with Gasteiger partial charge in [-0.25, -0.2) is 0 Å². The Morgan fingerprint density at radius 2 is 1.74 bits per heavy atom. The van der Waals surface area contributed by atoms with Crippen molar-refractivity contribution in [2.24, 2.45) is 0 Å². The summed E-state index contributed by atoms with van der Waals surface area (Å²) in [6, 6.07) is 0. The zero-order chi connectivity index (χ0) is 14.1. The molecule has 5 nitrogen and oxygen atoms in total. The molecule has 2 aliphatic carbocycles. The predicted octanol–water partition coefficient (Wildman–Crippen LogP) is 0.891. The number of rotatable bonds is 4. The van der Waals surface area contributed by atoms with E-state index >= 15 is 0 Å². The van der Waals surface area contributed by atoms with Crippen molar-refractivity contribution in [3.05, 3.63) is 0 Å². The van der Waals surface area contributed by atoms with Crippen molar-refractivity contribution in [1.29, 1.82) is 0 Å². The van der Waals surface area contributed by atoms with Gasteiger partial charge in [-0.05, 0) is 19.3 Å². The largest absolute Gasteiger partial charge is 0.459 e. The monoisotopic (exact) mass is 272 g/mol. The third-order valence-corrected chi connectivity index (χ3v) is 4.43. The lowest BCUT2D eigenvalue weighted by Gasteiger charge is -2.54. The summed E-state index contributed by atoms with van der Waals surface area (Å²) in [5.41, 5.74) is -2.88. The Bertz CT molecular complexity index is 338. The van der Waals surface area contributed by atoms with Crippen LogP contribution in [0.4, 0.5) is 0 Å². The second-order valence-corrected chi connectivity index (χ2v) is 6.32. The van der Waals surface area contributed by atoms with E-state index in [0.29, 0.717) is 32.1 Å². The van der Waals surface area contributed by atoms with Crippen LogP contribution in [0.2, 0.25) is 0 Å². The molecule has 0 aromatic rings. The molecule has 0 amide bonds. The number of aliphatic hydroxyl groups excluding tert-OH is 1. The molecule has 0 aromatic carbocycles. The van der Waals surface area contributed by atoms with E-state index in [4.69, 9.17) is 4.74 Å². The number of carbonyl (C=O) groups excluding carboxylic acids is 1. The molecule has 19 heavy (non-hydrogen) atoms. The molecule has 3 N–H and O–H groups in total. The van der Waals surface area contributed by atoms with Crippen molar-refractivity contribution in [2.75, 3.05) is 6.61 Å². The van der Waals surface area contributed by atoms with Gasteiger partial charge in [-0.15, -0.1) is 0 Å². The number of fused-ring (bicyclic) bond motifs is 2. The van der Waals surface area contributed by atoms with E-state index in [-0.39, 0.29) is 25.4 Å². The van der Waals surface area contributed by atoms with Gasteiger partial charge in [0.05, 0.1) is 11.2 Å². The summed E-state index contributed by atoms with van der Waals surface area (Å²) in [4.78, 5) is 11.6. The number of hydrogen-bond acceptors (Lipinski definition) is 5. The standard InChI is InChI=1S/C14H24O5/c1-2-11(16)19-14(6-7-15)9-12(17)4-3-5-13(18,8-12)10-14/h15,17-18H,2-10H2,1H3. The van der Waals surface area contributed by atoms with Gasteiger partial charge in [0.15, 0.2) is 0 Å². The highest BCUT2D eigenvalue weighted by Crippen LogP contribution is 2.51.